The molecule has 2 rings (SSSR count). The highest BCUT2D eigenvalue weighted by Gasteiger charge is 2.35. The van der Waals surface area contributed by atoms with Gasteiger partial charge in [0.2, 0.25) is 0 Å². The van der Waals surface area contributed by atoms with Gasteiger partial charge >= 0.3 is 6.03 Å². The summed E-state index contributed by atoms with van der Waals surface area (Å²) in [6.07, 6.45) is 4.87. The van der Waals surface area contributed by atoms with Crippen LogP contribution in [0.3, 0.4) is 0 Å². The van der Waals surface area contributed by atoms with Crippen molar-refractivity contribution in [1.82, 2.24) is 10.2 Å². The van der Waals surface area contributed by atoms with Crippen LogP contribution in [0.4, 0.5) is 4.79 Å². The predicted molar refractivity (Wildman–Crippen MR) is 64.3 cm³/mol. The summed E-state index contributed by atoms with van der Waals surface area (Å²) in [7, 11) is 0. The van der Waals surface area contributed by atoms with Crippen molar-refractivity contribution in [3.8, 4) is 0 Å². The van der Waals surface area contributed by atoms with Crippen LogP contribution in [-0.4, -0.2) is 41.1 Å². The lowest BCUT2D eigenvalue weighted by Gasteiger charge is -2.35. The Hall–Kier alpha value is -0.380. The molecule has 0 aromatic carbocycles. The molecule has 0 aromatic heterocycles. The van der Waals surface area contributed by atoms with Crippen molar-refractivity contribution < 1.29 is 4.79 Å². The summed E-state index contributed by atoms with van der Waals surface area (Å²) in [6.45, 7) is 4.02. The fourth-order valence-electron chi connectivity index (χ4n) is 2.64. The van der Waals surface area contributed by atoms with Gasteiger partial charge in [0.1, 0.15) is 0 Å². The van der Waals surface area contributed by atoms with Gasteiger partial charge in [0.05, 0.1) is 0 Å². The lowest BCUT2D eigenvalue weighted by molar-refractivity contribution is 0.163. The van der Waals surface area contributed by atoms with Crippen molar-refractivity contribution in [3.05, 3.63) is 0 Å². The summed E-state index contributed by atoms with van der Waals surface area (Å²) in [6, 6.07) is 0.658. The van der Waals surface area contributed by atoms with Crippen LogP contribution in [0, 0.1) is 0 Å². The van der Waals surface area contributed by atoms with Crippen LogP contribution in [0.5, 0.6) is 0 Å². The number of urea groups is 1. The zero-order valence-electron chi connectivity index (χ0n) is 9.37. The Kier molecular flexibility index (Phi) is 3.78. The molecular weight excluding hydrogens is 208 g/mol. The minimum absolute atomic E-state index is 0.162. The van der Waals surface area contributed by atoms with Crippen LogP contribution in [0.2, 0.25) is 0 Å². The summed E-state index contributed by atoms with van der Waals surface area (Å²) >= 11 is 2.02. The van der Waals surface area contributed by atoms with Gasteiger partial charge in [-0.2, -0.15) is 11.8 Å². The Balaban J connectivity index is 1.98. The first kappa shape index (κ1) is 11.1. The van der Waals surface area contributed by atoms with E-state index in [0.29, 0.717) is 11.3 Å². The second-order valence-electron chi connectivity index (χ2n) is 4.27. The van der Waals surface area contributed by atoms with Crippen molar-refractivity contribution in [2.45, 2.75) is 43.9 Å². The topological polar surface area (TPSA) is 32.3 Å². The number of hydrogen-bond donors (Lipinski definition) is 1. The van der Waals surface area contributed by atoms with E-state index in [1.807, 2.05) is 11.8 Å². The minimum Gasteiger partial charge on any atom is -0.338 e. The second kappa shape index (κ2) is 5.10. The van der Waals surface area contributed by atoms with Crippen molar-refractivity contribution in [2.24, 2.45) is 0 Å². The van der Waals surface area contributed by atoms with Crippen LogP contribution in [0.1, 0.15) is 32.6 Å². The Morgan fingerprint density at radius 3 is 3.07 bits per heavy atom. The van der Waals surface area contributed by atoms with Crippen molar-refractivity contribution in [2.75, 3.05) is 18.8 Å². The maximum Gasteiger partial charge on any atom is 0.317 e. The Morgan fingerprint density at radius 2 is 2.33 bits per heavy atom. The first-order valence-corrected chi connectivity index (χ1v) is 7.04. The molecule has 4 heteroatoms. The molecule has 0 radical (unpaired) electrons. The summed E-state index contributed by atoms with van der Waals surface area (Å²) in [5.41, 5.74) is 0. The lowest BCUT2D eigenvalue weighted by Crippen LogP contribution is -2.52. The highest BCUT2D eigenvalue weighted by molar-refractivity contribution is 7.99. The number of thioether (sulfide) groups is 1. The fraction of sp³-hybridized carbons (Fsp3) is 0.909. The lowest BCUT2D eigenvalue weighted by atomic mass is 10.2. The van der Waals surface area contributed by atoms with E-state index in [1.165, 1.54) is 19.3 Å². The number of amides is 2. The van der Waals surface area contributed by atoms with E-state index >= 15 is 0 Å². The summed E-state index contributed by atoms with van der Waals surface area (Å²) in [5, 5.41) is 3.63. The van der Waals surface area contributed by atoms with Gasteiger partial charge in [-0.1, -0.05) is 13.3 Å². The summed E-state index contributed by atoms with van der Waals surface area (Å²) in [4.78, 5) is 13.8. The molecule has 2 fully saturated rings. The predicted octanol–water partition coefficient (Wildman–Crippen LogP) is 2.08. The third-order valence-electron chi connectivity index (χ3n) is 3.31. The maximum atomic E-state index is 11.7. The molecular formula is C11H20N2OS. The van der Waals surface area contributed by atoms with Gasteiger partial charge < -0.3 is 10.2 Å². The highest BCUT2D eigenvalue weighted by Crippen LogP contribution is 2.33. The molecule has 1 aliphatic heterocycles. The van der Waals surface area contributed by atoms with Gasteiger partial charge in [0, 0.05) is 24.4 Å². The minimum atomic E-state index is 0.162. The van der Waals surface area contributed by atoms with E-state index in [9.17, 15) is 4.79 Å². The molecule has 1 heterocycles. The Bertz CT molecular complexity index is 235. The zero-order chi connectivity index (χ0) is 10.7. The quantitative estimate of drug-likeness (QED) is 0.802. The average Bonchev–Trinajstić information content (AvgIpc) is 2.67. The van der Waals surface area contributed by atoms with Gasteiger partial charge in [0.25, 0.3) is 0 Å². The number of hydrogen-bond acceptors (Lipinski definition) is 2. The zero-order valence-corrected chi connectivity index (χ0v) is 10.2. The van der Waals surface area contributed by atoms with E-state index in [2.05, 4.69) is 17.1 Å². The van der Waals surface area contributed by atoms with Crippen molar-refractivity contribution in [3.63, 3.8) is 0 Å². The fourth-order valence-corrected chi connectivity index (χ4v) is 3.90. The van der Waals surface area contributed by atoms with Crippen LogP contribution < -0.4 is 5.32 Å². The number of carbonyl (C=O) groups is 1. The molecule has 2 aliphatic rings. The molecule has 1 N–H and O–H groups in total. The van der Waals surface area contributed by atoms with Crippen molar-refractivity contribution in [1.29, 1.82) is 0 Å². The average molecular weight is 228 g/mol. The number of nitrogens with one attached hydrogen (secondary N) is 1. The number of carbonyl (C=O) groups excluding carboxylic acids is 1. The highest BCUT2D eigenvalue weighted by atomic mass is 32.2. The van der Waals surface area contributed by atoms with E-state index < -0.39 is 0 Å². The Labute approximate surface area is 96.0 Å². The van der Waals surface area contributed by atoms with E-state index in [1.54, 1.807) is 0 Å². The molecule has 1 saturated carbocycles. The molecule has 1 aliphatic carbocycles. The molecule has 0 bridgehead atoms. The monoisotopic (exact) mass is 228 g/mol. The van der Waals surface area contributed by atoms with E-state index in [0.717, 1.165) is 25.3 Å². The molecule has 0 aromatic rings. The van der Waals surface area contributed by atoms with E-state index in [-0.39, 0.29) is 6.03 Å². The number of nitrogens with zero attached hydrogens (tertiary/aromatic N) is 1. The summed E-state index contributed by atoms with van der Waals surface area (Å²) in [5.74, 6) is 1.16. The van der Waals surface area contributed by atoms with Gasteiger partial charge in [-0.25, -0.2) is 4.79 Å². The van der Waals surface area contributed by atoms with Crippen LogP contribution >= 0.6 is 11.8 Å². The maximum absolute atomic E-state index is 11.7. The largest absolute Gasteiger partial charge is 0.338 e. The SMILES string of the molecule is CCSC1CCCC1N1CCCNC1=O. The third-order valence-corrected chi connectivity index (χ3v) is 4.62. The molecule has 15 heavy (non-hydrogen) atoms. The normalized spacial score (nSPS) is 31.8. The molecule has 3 nitrogen and oxygen atoms in total. The molecule has 2 unspecified atom stereocenters. The van der Waals surface area contributed by atoms with Gasteiger partial charge in [-0.05, 0) is 25.0 Å². The first-order chi connectivity index (χ1) is 7.33. The smallest absolute Gasteiger partial charge is 0.317 e. The third kappa shape index (κ3) is 2.41. The van der Waals surface area contributed by atoms with Gasteiger partial charge in [-0.15, -0.1) is 0 Å². The number of rotatable bonds is 3. The molecule has 1 saturated heterocycles. The van der Waals surface area contributed by atoms with Gasteiger partial charge in [0.15, 0.2) is 0 Å². The van der Waals surface area contributed by atoms with Crippen LogP contribution in [0.25, 0.3) is 0 Å². The molecule has 86 valence electrons. The van der Waals surface area contributed by atoms with Crippen molar-refractivity contribution >= 4 is 17.8 Å². The van der Waals surface area contributed by atoms with Gasteiger partial charge in [-0.3, -0.25) is 0 Å². The van der Waals surface area contributed by atoms with Crippen LogP contribution in [-0.2, 0) is 0 Å². The second-order valence-corrected chi connectivity index (χ2v) is 5.79. The Morgan fingerprint density at radius 1 is 1.47 bits per heavy atom. The summed E-state index contributed by atoms with van der Waals surface area (Å²) < 4.78 is 0. The molecule has 2 amide bonds. The van der Waals surface area contributed by atoms with Crippen LogP contribution in [0.15, 0.2) is 0 Å². The molecule has 2 atom stereocenters. The standard InChI is InChI=1S/C11H20N2OS/c1-2-15-10-6-3-5-9(10)13-8-4-7-12-11(13)14/h9-10H,2-8H2,1H3,(H,12,14). The van der Waals surface area contributed by atoms with E-state index in [4.69, 9.17) is 0 Å². The first-order valence-electron chi connectivity index (χ1n) is 5.99. The molecule has 0 spiro atoms.